The number of nitrogens with zero attached hydrogens (tertiary/aromatic N) is 2. The summed E-state index contributed by atoms with van der Waals surface area (Å²) in [6, 6.07) is 8.65. The predicted octanol–water partition coefficient (Wildman–Crippen LogP) is 4.86. The highest BCUT2D eigenvalue weighted by Gasteiger charge is 2.10. The molecule has 0 bridgehead atoms. The summed E-state index contributed by atoms with van der Waals surface area (Å²) in [5, 5.41) is 6.77. The van der Waals surface area contributed by atoms with Crippen molar-refractivity contribution in [2.24, 2.45) is 0 Å². The Morgan fingerprint density at radius 1 is 1.14 bits per heavy atom. The van der Waals surface area contributed by atoms with Crippen molar-refractivity contribution in [1.29, 1.82) is 0 Å². The molecule has 0 aliphatic heterocycles. The van der Waals surface area contributed by atoms with E-state index in [0.29, 0.717) is 17.9 Å². The number of nitrogens with one attached hydrogen (secondary N) is 2. The molecule has 1 aromatic carbocycles. The Labute approximate surface area is 133 Å². The molecule has 4 nitrogen and oxygen atoms in total. The van der Waals surface area contributed by atoms with Crippen LogP contribution in [0.15, 0.2) is 30.5 Å². The molecule has 1 heterocycles. The molecular formula is C18H26N4. The molecule has 0 saturated heterocycles. The predicted molar refractivity (Wildman–Crippen MR) is 94.0 cm³/mol. The highest BCUT2D eigenvalue weighted by molar-refractivity contribution is 5.65. The summed E-state index contributed by atoms with van der Waals surface area (Å²) < 4.78 is 0. The fourth-order valence-electron chi connectivity index (χ4n) is 2.29. The minimum absolute atomic E-state index is 0.361. The lowest BCUT2D eigenvalue weighted by Crippen LogP contribution is -2.16. The molecule has 1 unspecified atom stereocenters. The number of aryl methyl sites for hydroxylation is 1. The van der Waals surface area contributed by atoms with Gasteiger partial charge in [-0.25, -0.2) is 4.98 Å². The van der Waals surface area contributed by atoms with Gasteiger partial charge in [-0.3, -0.25) is 0 Å². The lowest BCUT2D eigenvalue weighted by atomic mass is 9.98. The van der Waals surface area contributed by atoms with Crippen LogP contribution in [0.5, 0.6) is 0 Å². The lowest BCUT2D eigenvalue weighted by molar-refractivity contribution is 0.753. The second-order valence-electron chi connectivity index (χ2n) is 6.04. The second-order valence-corrected chi connectivity index (χ2v) is 6.04. The molecule has 4 heteroatoms. The molecule has 1 aromatic heterocycles. The molecule has 2 N–H and O–H groups in total. The Morgan fingerprint density at radius 2 is 1.91 bits per heavy atom. The molecule has 1 atom stereocenters. The van der Waals surface area contributed by atoms with Gasteiger partial charge in [0.2, 0.25) is 5.95 Å². The number of rotatable bonds is 6. The van der Waals surface area contributed by atoms with Gasteiger partial charge in [0.05, 0.1) is 0 Å². The number of para-hydroxylation sites is 1. The monoisotopic (exact) mass is 298 g/mol. The van der Waals surface area contributed by atoms with Gasteiger partial charge < -0.3 is 10.6 Å². The van der Waals surface area contributed by atoms with Crippen molar-refractivity contribution < 1.29 is 0 Å². The summed E-state index contributed by atoms with van der Waals surface area (Å²) in [5.74, 6) is 1.94. The Bertz CT molecular complexity index is 622. The van der Waals surface area contributed by atoms with Gasteiger partial charge in [0.25, 0.3) is 0 Å². The van der Waals surface area contributed by atoms with Gasteiger partial charge >= 0.3 is 0 Å². The minimum Gasteiger partial charge on any atom is -0.352 e. The maximum Gasteiger partial charge on any atom is 0.224 e. The van der Waals surface area contributed by atoms with Crippen molar-refractivity contribution in [3.05, 3.63) is 41.6 Å². The van der Waals surface area contributed by atoms with Crippen LogP contribution in [0, 0.1) is 6.92 Å². The van der Waals surface area contributed by atoms with Crippen LogP contribution >= 0.6 is 0 Å². The van der Waals surface area contributed by atoms with Gasteiger partial charge in [0.1, 0.15) is 5.82 Å². The molecule has 0 aliphatic rings. The standard InChI is InChI=1S/C18H26N4/c1-6-14(5)20-18-19-11-10-16(22-18)21-17-13(4)8-7-9-15(17)12(2)3/h7-12,14H,6H2,1-5H3,(H2,19,20,21,22). The van der Waals surface area contributed by atoms with Crippen LogP contribution in [0.25, 0.3) is 0 Å². The number of benzene rings is 1. The summed E-state index contributed by atoms with van der Waals surface area (Å²) in [4.78, 5) is 8.85. The minimum atomic E-state index is 0.361. The maximum absolute atomic E-state index is 4.56. The van der Waals surface area contributed by atoms with Crippen LogP contribution < -0.4 is 10.6 Å². The van der Waals surface area contributed by atoms with Gasteiger partial charge in [0.15, 0.2) is 0 Å². The molecule has 2 rings (SSSR count). The first-order chi connectivity index (χ1) is 10.5. The van der Waals surface area contributed by atoms with Crippen LogP contribution in [0.1, 0.15) is 51.2 Å². The average Bonchev–Trinajstić information content (AvgIpc) is 2.49. The first-order valence-corrected chi connectivity index (χ1v) is 7.97. The quantitative estimate of drug-likeness (QED) is 0.799. The first-order valence-electron chi connectivity index (χ1n) is 7.97. The second kappa shape index (κ2) is 7.25. The smallest absolute Gasteiger partial charge is 0.224 e. The Morgan fingerprint density at radius 3 is 2.59 bits per heavy atom. The summed E-state index contributed by atoms with van der Waals surface area (Å²) in [6.07, 6.45) is 2.82. The Hall–Kier alpha value is -2.10. The zero-order chi connectivity index (χ0) is 16.1. The molecule has 2 aromatic rings. The molecule has 0 saturated carbocycles. The van der Waals surface area contributed by atoms with E-state index in [-0.39, 0.29) is 0 Å². The fourth-order valence-corrected chi connectivity index (χ4v) is 2.29. The average molecular weight is 298 g/mol. The molecular weight excluding hydrogens is 272 g/mol. The van der Waals surface area contributed by atoms with Crippen LogP contribution in [0.2, 0.25) is 0 Å². The zero-order valence-corrected chi connectivity index (χ0v) is 14.1. The Kier molecular flexibility index (Phi) is 5.36. The third kappa shape index (κ3) is 3.97. The molecule has 0 fully saturated rings. The third-order valence-electron chi connectivity index (χ3n) is 3.82. The van der Waals surface area contributed by atoms with Crippen molar-refractivity contribution in [2.75, 3.05) is 10.6 Å². The molecule has 118 valence electrons. The SMILES string of the molecule is CCC(C)Nc1nccc(Nc2c(C)cccc2C(C)C)n1. The van der Waals surface area contributed by atoms with E-state index < -0.39 is 0 Å². The molecule has 0 amide bonds. The zero-order valence-electron chi connectivity index (χ0n) is 14.1. The van der Waals surface area contributed by atoms with Gasteiger partial charge in [-0.2, -0.15) is 4.98 Å². The molecule has 0 radical (unpaired) electrons. The first kappa shape index (κ1) is 16.3. The van der Waals surface area contributed by atoms with Crippen LogP contribution in [-0.2, 0) is 0 Å². The van der Waals surface area contributed by atoms with Crippen LogP contribution in [-0.4, -0.2) is 16.0 Å². The van der Waals surface area contributed by atoms with Crippen molar-refractivity contribution in [3.63, 3.8) is 0 Å². The third-order valence-corrected chi connectivity index (χ3v) is 3.82. The van der Waals surface area contributed by atoms with E-state index in [4.69, 9.17) is 0 Å². The van der Waals surface area contributed by atoms with Crippen LogP contribution in [0.3, 0.4) is 0 Å². The number of anilines is 3. The lowest BCUT2D eigenvalue weighted by Gasteiger charge is -2.17. The van der Waals surface area contributed by atoms with E-state index in [1.165, 1.54) is 11.1 Å². The van der Waals surface area contributed by atoms with Gasteiger partial charge in [0, 0.05) is 17.9 Å². The Balaban J connectivity index is 2.26. The number of hydrogen-bond acceptors (Lipinski definition) is 4. The van der Waals surface area contributed by atoms with Gasteiger partial charge in [-0.15, -0.1) is 0 Å². The van der Waals surface area contributed by atoms with Crippen molar-refractivity contribution in [3.8, 4) is 0 Å². The van der Waals surface area contributed by atoms with E-state index in [0.717, 1.165) is 17.9 Å². The summed E-state index contributed by atoms with van der Waals surface area (Å²) in [5.41, 5.74) is 3.67. The van der Waals surface area contributed by atoms with Gasteiger partial charge in [-0.1, -0.05) is 39.0 Å². The molecule has 0 aliphatic carbocycles. The highest BCUT2D eigenvalue weighted by Crippen LogP contribution is 2.29. The van der Waals surface area contributed by atoms with Crippen LogP contribution in [0.4, 0.5) is 17.5 Å². The normalized spacial score (nSPS) is 12.3. The van der Waals surface area contributed by atoms with E-state index in [2.05, 4.69) is 73.4 Å². The van der Waals surface area contributed by atoms with Gasteiger partial charge in [-0.05, 0) is 43.4 Å². The van der Waals surface area contributed by atoms with E-state index >= 15 is 0 Å². The van der Waals surface area contributed by atoms with Crippen molar-refractivity contribution in [2.45, 2.75) is 53.0 Å². The number of aromatic nitrogens is 2. The van der Waals surface area contributed by atoms with E-state index in [1.54, 1.807) is 6.20 Å². The maximum atomic E-state index is 4.56. The van der Waals surface area contributed by atoms with E-state index in [1.807, 2.05) is 6.07 Å². The fraction of sp³-hybridized carbons (Fsp3) is 0.444. The molecule has 0 spiro atoms. The molecule has 22 heavy (non-hydrogen) atoms. The summed E-state index contributed by atoms with van der Waals surface area (Å²) in [6.45, 7) is 10.8. The van der Waals surface area contributed by atoms with Crippen molar-refractivity contribution in [1.82, 2.24) is 9.97 Å². The summed E-state index contributed by atoms with van der Waals surface area (Å²) >= 11 is 0. The number of hydrogen-bond donors (Lipinski definition) is 2. The van der Waals surface area contributed by atoms with Crippen molar-refractivity contribution >= 4 is 17.5 Å². The largest absolute Gasteiger partial charge is 0.352 e. The topological polar surface area (TPSA) is 49.8 Å². The van der Waals surface area contributed by atoms with E-state index in [9.17, 15) is 0 Å². The summed E-state index contributed by atoms with van der Waals surface area (Å²) in [7, 11) is 0. The highest BCUT2D eigenvalue weighted by atomic mass is 15.1.